The Hall–Kier alpha value is -1.88. The van der Waals surface area contributed by atoms with E-state index in [0.717, 1.165) is 5.56 Å². The number of esters is 1. The zero-order valence-corrected chi connectivity index (χ0v) is 11.2. The summed E-state index contributed by atoms with van der Waals surface area (Å²) in [6.07, 6.45) is 1.06. The van der Waals surface area contributed by atoms with Crippen LogP contribution >= 0.6 is 0 Å². The maximum Gasteiger partial charge on any atom is 0.306 e. The highest BCUT2D eigenvalue weighted by atomic mass is 16.5. The summed E-state index contributed by atoms with van der Waals surface area (Å²) in [5, 5.41) is 9.15. The van der Waals surface area contributed by atoms with Crippen molar-refractivity contribution >= 4 is 11.8 Å². The van der Waals surface area contributed by atoms with Crippen molar-refractivity contribution in [2.24, 2.45) is 5.92 Å². The number of carbonyl (C=O) groups excluding carboxylic acids is 2. The standard InChI is InChI=1S/C15H18O5/c16-13-3-1-11(2-4-13)5-8-20-15(18)9-12-10-19-7-6-14(12)17/h1-4,12,16H,5-10H2. The fourth-order valence-corrected chi connectivity index (χ4v) is 2.07. The van der Waals surface area contributed by atoms with Gasteiger partial charge in [0.25, 0.3) is 0 Å². The molecule has 1 heterocycles. The Balaban J connectivity index is 1.69. The number of hydrogen-bond donors (Lipinski definition) is 1. The van der Waals surface area contributed by atoms with E-state index in [-0.39, 0.29) is 36.4 Å². The van der Waals surface area contributed by atoms with E-state index in [2.05, 4.69) is 0 Å². The average molecular weight is 278 g/mol. The predicted octanol–water partition coefficient (Wildman–Crippen LogP) is 1.47. The van der Waals surface area contributed by atoms with E-state index in [0.29, 0.717) is 26.1 Å². The van der Waals surface area contributed by atoms with Crippen LogP contribution in [-0.2, 0) is 25.5 Å². The molecule has 20 heavy (non-hydrogen) atoms. The highest BCUT2D eigenvalue weighted by Gasteiger charge is 2.25. The van der Waals surface area contributed by atoms with E-state index >= 15 is 0 Å². The van der Waals surface area contributed by atoms with Gasteiger partial charge in [-0.2, -0.15) is 0 Å². The maximum absolute atomic E-state index is 11.6. The van der Waals surface area contributed by atoms with Crippen LogP contribution in [0.15, 0.2) is 24.3 Å². The van der Waals surface area contributed by atoms with Gasteiger partial charge in [0.2, 0.25) is 0 Å². The summed E-state index contributed by atoms with van der Waals surface area (Å²) in [5.74, 6) is -0.439. The third kappa shape index (κ3) is 4.35. The molecule has 1 saturated heterocycles. The molecule has 1 unspecified atom stereocenters. The molecule has 0 saturated carbocycles. The lowest BCUT2D eigenvalue weighted by atomic mass is 9.97. The summed E-state index contributed by atoms with van der Waals surface area (Å²) in [4.78, 5) is 23.2. The van der Waals surface area contributed by atoms with Gasteiger partial charge in [0.15, 0.2) is 0 Å². The third-order valence-electron chi connectivity index (χ3n) is 3.27. The minimum atomic E-state index is -0.368. The second-order valence-electron chi connectivity index (χ2n) is 4.83. The highest BCUT2D eigenvalue weighted by molar-refractivity contribution is 5.86. The number of ether oxygens (including phenoxy) is 2. The molecule has 1 N–H and O–H groups in total. The first kappa shape index (κ1) is 14.5. The van der Waals surface area contributed by atoms with E-state index in [1.54, 1.807) is 24.3 Å². The van der Waals surface area contributed by atoms with Gasteiger partial charge in [-0.1, -0.05) is 12.1 Å². The van der Waals surface area contributed by atoms with Crippen LogP contribution in [0.2, 0.25) is 0 Å². The van der Waals surface area contributed by atoms with Crippen molar-refractivity contribution in [3.8, 4) is 5.75 Å². The lowest BCUT2D eigenvalue weighted by molar-refractivity contribution is -0.149. The van der Waals surface area contributed by atoms with Crippen LogP contribution in [0.25, 0.3) is 0 Å². The van der Waals surface area contributed by atoms with Crippen LogP contribution in [0.5, 0.6) is 5.75 Å². The van der Waals surface area contributed by atoms with Gasteiger partial charge in [-0.3, -0.25) is 9.59 Å². The quantitative estimate of drug-likeness (QED) is 0.826. The molecule has 0 aliphatic carbocycles. The van der Waals surface area contributed by atoms with E-state index in [9.17, 15) is 9.59 Å². The number of carbonyl (C=O) groups is 2. The molecule has 0 bridgehead atoms. The predicted molar refractivity (Wildman–Crippen MR) is 71.3 cm³/mol. The first-order valence-electron chi connectivity index (χ1n) is 6.69. The number of Topliss-reactive ketones (excluding diaryl/α,β-unsaturated/α-hetero) is 1. The monoisotopic (exact) mass is 278 g/mol. The van der Waals surface area contributed by atoms with Crippen molar-refractivity contribution in [2.75, 3.05) is 19.8 Å². The molecule has 5 nitrogen and oxygen atoms in total. The summed E-state index contributed by atoms with van der Waals surface area (Å²) in [6.45, 7) is 1.03. The van der Waals surface area contributed by atoms with Crippen molar-refractivity contribution in [3.05, 3.63) is 29.8 Å². The topological polar surface area (TPSA) is 72.8 Å². The van der Waals surface area contributed by atoms with Crippen molar-refractivity contribution in [1.29, 1.82) is 0 Å². The first-order chi connectivity index (χ1) is 9.65. The molecule has 0 aromatic heterocycles. The Morgan fingerprint density at radius 3 is 2.80 bits per heavy atom. The zero-order chi connectivity index (χ0) is 14.4. The molecular weight excluding hydrogens is 260 g/mol. The van der Waals surface area contributed by atoms with Gasteiger partial charge in [0.05, 0.1) is 32.2 Å². The molecule has 1 aromatic rings. The van der Waals surface area contributed by atoms with Crippen molar-refractivity contribution in [1.82, 2.24) is 0 Å². The van der Waals surface area contributed by atoms with Crippen LogP contribution in [-0.4, -0.2) is 36.7 Å². The number of phenolic OH excluding ortho intramolecular Hbond substituents is 1. The van der Waals surface area contributed by atoms with Crippen molar-refractivity contribution in [2.45, 2.75) is 19.3 Å². The molecule has 0 radical (unpaired) electrons. The molecule has 0 amide bonds. The van der Waals surface area contributed by atoms with Gasteiger partial charge >= 0.3 is 5.97 Å². The minimum Gasteiger partial charge on any atom is -0.508 e. The van der Waals surface area contributed by atoms with Crippen LogP contribution < -0.4 is 0 Å². The normalized spacial score (nSPS) is 18.8. The molecule has 1 aromatic carbocycles. The Kier molecular flexibility index (Phi) is 5.12. The largest absolute Gasteiger partial charge is 0.508 e. The van der Waals surface area contributed by atoms with Crippen molar-refractivity contribution < 1.29 is 24.2 Å². The van der Waals surface area contributed by atoms with Crippen LogP contribution in [0, 0.1) is 5.92 Å². The first-order valence-corrected chi connectivity index (χ1v) is 6.69. The number of phenols is 1. The second kappa shape index (κ2) is 7.05. The van der Waals surface area contributed by atoms with Crippen molar-refractivity contribution in [3.63, 3.8) is 0 Å². The Morgan fingerprint density at radius 2 is 2.10 bits per heavy atom. The molecule has 1 fully saturated rings. The fourth-order valence-electron chi connectivity index (χ4n) is 2.07. The summed E-state index contributed by atoms with van der Waals surface area (Å²) in [5.41, 5.74) is 0.979. The Bertz CT molecular complexity index is 466. The summed E-state index contributed by atoms with van der Waals surface area (Å²) >= 11 is 0. The van der Waals surface area contributed by atoms with Gasteiger partial charge in [0, 0.05) is 12.8 Å². The number of hydrogen-bond acceptors (Lipinski definition) is 5. The average Bonchev–Trinajstić information content (AvgIpc) is 2.44. The molecule has 1 atom stereocenters. The molecule has 5 heteroatoms. The molecule has 0 spiro atoms. The summed E-state index contributed by atoms with van der Waals surface area (Å²) < 4.78 is 10.3. The number of ketones is 1. The molecule has 108 valence electrons. The van der Waals surface area contributed by atoms with E-state index < -0.39 is 0 Å². The number of rotatable bonds is 5. The zero-order valence-electron chi connectivity index (χ0n) is 11.2. The number of aromatic hydroxyl groups is 1. The molecule has 1 aliphatic heterocycles. The van der Waals surface area contributed by atoms with Gasteiger partial charge in [-0.05, 0) is 17.7 Å². The van der Waals surface area contributed by atoms with Gasteiger partial charge in [-0.25, -0.2) is 0 Å². The summed E-state index contributed by atoms with van der Waals surface area (Å²) in [6, 6.07) is 6.74. The molecule has 1 aliphatic rings. The third-order valence-corrected chi connectivity index (χ3v) is 3.27. The lowest BCUT2D eigenvalue weighted by Gasteiger charge is -2.19. The highest BCUT2D eigenvalue weighted by Crippen LogP contribution is 2.15. The molecular formula is C15H18O5. The maximum atomic E-state index is 11.6. The number of benzene rings is 1. The summed E-state index contributed by atoms with van der Waals surface area (Å²) in [7, 11) is 0. The minimum absolute atomic E-state index is 0.0757. The van der Waals surface area contributed by atoms with Gasteiger partial charge in [-0.15, -0.1) is 0 Å². The molecule has 2 rings (SSSR count). The SMILES string of the molecule is O=C(CC1COCCC1=O)OCCc1ccc(O)cc1. The van der Waals surface area contributed by atoms with E-state index in [1.165, 1.54) is 0 Å². The van der Waals surface area contributed by atoms with Crippen LogP contribution in [0.1, 0.15) is 18.4 Å². The Labute approximate surface area is 117 Å². The van der Waals surface area contributed by atoms with Gasteiger partial charge in [0.1, 0.15) is 11.5 Å². The fraction of sp³-hybridized carbons (Fsp3) is 0.467. The van der Waals surface area contributed by atoms with Crippen LogP contribution in [0.3, 0.4) is 0 Å². The smallest absolute Gasteiger partial charge is 0.306 e. The van der Waals surface area contributed by atoms with E-state index in [4.69, 9.17) is 14.6 Å². The van der Waals surface area contributed by atoms with Gasteiger partial charge < -0.3 is 14.6 Å². The Morgan fingerprint density at radius 1 is 1.35 bits per heavy atom. The van der Waals surface area contributed by atoms with E-state index in [1.807, 2.05) is 0 Å². The van der Waals surface area contributed by atoms with Crippen LogP contribution in [0.4, 0.5) is 0 Å². The lowest BCUT2D eigenvalue weighted by Crippen LogP contribution is -2.30. The second-order valence-corrected chi connectivity index (χ2v) is 4.83.